The van der Waals surface area contributed by atoms with Crippen LogP contribution in [-0.4, -0.2) is 33.9 Å². The van der Waals surface area contributed by atoms with Crippen molar-refractivity contribution >= 4 is 8.80 Å². The monoisotopic (exact) mass is 448 g/mol. The van der Waals surface area contributed by atoms with E-state index in [-0.39, 0.29) is 11.1 Å². The standard InChI is InChI=1S/C28H38NO2Si/c1-8-29(20-11-9-10-19-28(2,3)4)22-23-13-12-14-26(21-23)31-27(32(6)7)24-15-17-25(30-5)18-16-24/h9,11-18,21,27H,8,20,22H2,1-7H3. The molecule has 0 saturated heterocycles. The van der Waals surface area contributed by atoms with Crippen LogP contribution in [0, 0.1) is 17.3 Å². The normalized spacial score (nSPS) is 12.7. The molecule has 2 aromatic carbocycles. The summed E-state index contributed by atoms with van der Waals surface area (Å²) in [6, 6.07) is 16.7. The van der Waals surface area contributed by atoms with E-state index in [2.05, 4.69) is 100 Å². The van der Waals surface area contributed by atoms with E-state index in [1.54, 1.807) is 7.11 Å². The first-order valence-corrected chi connectivity index (χ1v) is 13.9. The van der Waals surface area contributed by atoms with Gasteiger partial charge in [0.1, 0.15) is 26.0 Å². The fraction of sp³-hybridized carbons (Fsp3) is 0.429. The average molecular weight is 449 g/mol. The van der Waals surface area contributed by atoms with Crippen LogP contribution >= 0.6 is 0 Å². The van der Waals surface area contributed by atoms with Gasteiger partial charge in [-0.25, -0.2) is 0 Å². The van der Waals surface area contributed by atoms with Gasteiger partial charge in [-0.05, 0) is 68.8 Å². The van der Waals surface area contributed by atoms with E-state index in [4.69, 9.17) is 9.47 Å². The molecule has 0 heterocycles. The largest absolute Gasteiger partial charge is 0.497 e. The summed E-state index contributed by atoms with van der Waals surface area (Å²) in [5.74, 6) is 8.19. The highest BCUT2D eigenvalue weighted by Crippen LogP contribution is 2.27. The highest BCUT2D eigenvalue weighted by atomic mass is 28.3. The molecule has 1 unspecified atom stereocenters. The second kappa shape index (κ2) is 12.5. The topological polar surface area (TPSA) is 21.7 Å². The van der Waals surface area contributed by atoms with Gasteiger partial charge in [-0.15, -0.1) is 0 Å². The number of hydrogen-bond acceptors (Lipinski definition) is 3. The molecule has 1 radical (unpaired) electrons. The number of ether oxygens (including phenoxy) is 2. The summed E-state index contributed by atoms with van der Waals surface area (Å²) < 4.78 is 11.8. The number of methoxy groups -OCH3 is 1. The third-order valence-corrected chi connectivity index (χ3v) is 6.46. The lowest BCUT2D eigenvalue weighted by Crippen LogP contribution is -2.23. The summed E-state index contributed by atoms with van der Waals surface area (Å²) in [7, 11) is 0.987. The predicted octanol–water partition coefficient (Wildman–Crippen LogP) is 6.54. The Labute approximate surface area is 197 Å². The van der Waals surface area contributed by atoms with Crippen LogP contribution in [0.1, 0.15) is 44.5 Å². The lowest BCUT2D eigenvalue weighted by molar-refractivity contribution is 0.278. The molecular weight excluding hydrogens is 410 g/mol. The number of nitrogens with zero attached hydrogens (tertiary/aromatic N) is 1. The van der Waals surface area contributed by atoms with Gasteiger partial charge in [-0.2, -0.15) is 0 Å². The van der Waals surface area contributed by atoms with Gasteiger partial charge in [0.25, 0.3) is 0 Å². The molecule has 2 aromatic rings. The predicted molar refractivity (Wildman–Crippen MR) is 138 cm³/mol. The van der Waals surface area contributed by atoms with Gasteiger partial charge in [0.05, 0.1) is 7.11 Å². The van der Waals surface area contributed by atoms with Crippen LogP contribution in [0.5, 0.6) is 11.5 Å². The van der Waals surface area contributed by atoms with Gasteiger partial charge in [-0.1, -0.05) is 62.2 Å². The van der Waals surface area contributed by atoms with Crippen molar-refractivity contribution in [1.29, 1.82) is 0 Å². The van der Waals surface area contributed by atoms with E-state index in [1.165, 1.54) is 11.1 Å². The van der Waals surface area contributed by atoms with Crippen LogP contribution in [0.2, 0.25) is 13.1 Å². The summed E-state index contributed by atoms with van der Waals surface area (Å²) in [6.45, 7) is 15.9. The molecule has 0 bridgehead atoms. The third kappa shape index (κ3) is 8.94. The summed E-state index contributed by atoms with van der Waals surface area (Å²) in [5.41, 5.74) is 2.59. The molecule has 3 nitrogen and oxygen atoms in total. The average Bonchev–Trinajstić information content (AvgIpc) is 2.76. The van der Waals surface area contributed by atoms with Crippen LogP contribution in [0.4, 0.5) is 0 Å². The molecule has 0 aliphatic rings. The van der Waals surface area contributed by atoms with Crippen molar-refractivity contribution in [2.24, 2.45) is 5.41 Å². The Hall–Kier alpha value is -2.48. The van der Waals surface area contributed by atoms with Crippen molar-refractivity contribution in [3.8, 4) is 23.3 Å². The first-order valence-electron chi connectivity index (χ1n) is 11.3. The van der Waals surface area contributed by atoms with Crippen LogP contribution in [0.3, 0.4) is 0 Å². The van der Waals surface area contributed by atoms with Gasteiger partial charge >= 0.3 is 0 Å². The quantitative estimate of drug-likeness (QED) is 0.304. The van der Waals surface area contributed by atoms with Gasteiger partial charge in [0.15, 0.2) is 0 Å². The Morgan fingerprint density at radius 3 is 2.38 bits per heavy atom. The van der Waals surface area contributed by atoms with Crippen molar-refractivity contribution < 1.29 is 9.47 Å². The molecule has 0 aromatic heterocycles. The summed E-state index contributed by atoms with van der Waals surface area (Å²) in [6.07, 6.45) is 4.12. The SMILES string of the molecule is CCN(CC=CC#CC(C)(C)C)Cc1cccc(OC(c2ccc(OC)cc2)[Si](C)C)c1. The molecule has 0 N–H and O–H groups in total. The molecule has 0 spiro atoms. The molecule has 32 heavy (non-hydrogen) atoms. The molecule has 0 amide bonds. The zero-order valence-electron chi connectivity index (χ0n) is 20.7. The van der Waals surface area contributed by atoms with Crippen molar-refractivity contribution in [1.82, 2.24) is 4.90 Å². The maximum absolute atomic E-state index is 6.49. The van der Waals surface area contributed by atoms with Gasteiger partial charge in [0.2, 0.25) is 0 Å². The van der Waals surface area contributed by atoms with E-state index >= 15 is 0 Å². The van der Waals surface area contributed by atoms with Crippen LogP contribution < -0.4 is 9.47 Å². The molecule has 171 valence electrons. The minimum atomic E-state index is -0.705. The molecule has 0 aliphatic carbocycles. The molecule has 0 fully saturated rings. The highest BCUT2D eigenvalue weighted by Gasteiger charge is 2.19. The lowest BCUT2D eigenvalue weighted by atomic mass is 9.98. The third-order valence-electron chi connectivity index (χ3n) is 4.96. The Bertz CT molecular complexity index is 917. The first-order chi connectivity index (χ1) is 15.2. The number of rotatable bonds is 10. The van der Waals surface area contributed by atoms with Crippen molar-refractivity contribution in [3.63, 3.8) is 0 Å². The molecule has 0 aliphatic heterocycles. The van der Waals surface area contributed by atoms with E-state index in [1.807, 2.05) is 18.2 Å². The number of likely N-dealkylation sites (N-methyl/N-ethyl adjacent to an activating group) is 1. The van der Waals surface area contributed by atoms with Gasteiger partial charge in [0, 0.05) is 18.5 Å². The fourth-order valence-electron chi connectivity index (χ4n) is 3.23. The van der Waals surface area contributed by atoms with Crippen molar-refractivity contribution in [2.75, 3.05) is 20.2 Å². The van der Waals surface area contributed by atoms with E-state index in [9.17, 15) is 0 Å². The minimum absolute atomic E-state index is 0.0387. The maximum atomic E-state index is 6.49. The summed E-state index contributed by atoms with van der Waals surface area (Å²) in [4.78, 5) is 2.39. The fourth-order valence-corrected chi connectivity index (χ4v) is 4.46. The molecular formula is C28H38NO2Si. The molecule has 0 saturated carbocycles. The van der Waals surface area contributed by atoms with Crippen molar-refractivity contribution in [3.05, 3.63) is 71.8 Å². The summed E-state index contributed by atoms with van der Waals surface area (Å²) in [5, 5.41) is 0. The molecule has 4 heteroatoms. The molecule has 2 rings (SSSR count). The number of benzene rings is 2. The second-order valence-corrected chi connectivity index (χ2v) is 11.9. The Kier molecular flexibility index (Phi) is 10.1. The summed E-state index contributed by atoms with van der Waals surface area (Å²) >= 11 is 0. The zero-order valence-corrected chi connectivity index (χ0v) is 21.7. The zero-order chi connectivity index (χ0) is 23.6. The minimum Gasteiger partial charge on any atom is -0.497 e. The van der Waals surface area contributed by atoms with Crippen molar-refractivity contribution in [2.45, 2.75) is 53.1 Å². The maximum Gasteiger partial charge on any atom is 0.120 e. The Balaban J connectivity index is 2.05. The Morgan fingerprint density at radius 2 is 1.78 bits per heavy atom. The lowest BCUT2D eigenvalue weighted by Gasteiger charge is -2.23. The number of allylic oxidation sites excluding steroid dienone is 1. The van der Waals surface area contributed by atoms with Gasteiger partial charge in [-0.3, -0.25) is 4.90 Å². The van der Waals surface area contributed by atoms with Gasteiger partial charge < -0.3 is 9.47 Å². The van der Waals surface area contributed by atoms with Crippen LogP contribution in [-0.2, 0) is 6.54 Å². The first kappa shape index (κ1) is 25.8. The van der Waals surface area contributed by atoms with E-state index in [0.29, 0.717) is 0 Å². The molecule has 1 atom stereocenters. The smallest absolute Gasteiger partial charge is 0.120 e. The van der Waals surface area contributed by atoms with Crippen LogP contribution in [0.25, 0.3) is 0 Å². The second-order valence-electron chi connectivity index (χ2n) is 9.25. The number of hydrogen-bond donors (Lipinski definition) is 0. The van der Waals surface area contributed by atoms with Crippen LogP contribution in [0.15, 0.2) is 60.7 Å². The van der Waals surface area contributed by atoms with E-state index in [0.717, 1.165) is 31.1 Å². The highest BCUT2D eigenvalue weighted by molar-refractivity contribution is 6.57. The van der Waals surface area contributed by atoms with E-state index < -0.39 is 8.80 Å². The Morgan fingerprint density at radius 1 is 1.06 bits per heavy atom.